The lowest BCUT2D eigenvalue weighted by Gasteiger charge is -2.16. The summed E-state index contributed by atoms with van der Waals surface area (Å²) >= 11 is 0. The van der Waals surface area contributed by atoms with Gasteiger partial charge in [-0.3, -0.25) is 0 Å². The van der Waals surface area contributed by atoms with Crippen LogP contribution in [0, 0.1) is 0 Å². The van der Waals surface area contributed by atoms with Crippen molar-refractivity contribution in [2.24, 2.45) is 0 Å². The van der Waals surface area contributed by atoms with Gasteiger partial charge in [-0.25, -0.2) is 0 Å². The molecule has 2 aliphatic carbocycles. The van der Waals surface area contributed by atoms with Gasteiger partial charge in [0.05, 0.1) is 13.2 Å². The van der Waals surface area contributed by atoms with Gasteiger partial charge in [0, 0.05) is 0 Å². The third-order valence-corrected chi connectivity index (χ3v) is 7.04. The first kappa shape index (κ1) is 24.9. The fourth-order valence-electron chi connectivity index (χ4n) is 3.96. The van der Waals surface area contributed by atoms with E-state index in [4.69, 9.17) is 18.1 Å². The molecule has 0 saturated heterocycles. The molecule has 0 fully saturated rings. The van der Waals surface area contributed by atoms with E-state index in [1.165, 1.54) is 11.1 Å². The Morgan fingerprint density at radius 2 is 1.35 bits per heavy atom. The van der Waals surface area contributed by atoms with Crippen LogP contribution in [0.2, 0.25) is 0 Å². The maximum absolute atomic E-state index is 5.92. The Bertz CT molecular complexity index is 1100. The van der Waals surface area contributed by atoms with Crippen LogP contribution >= 0.6 is 18.1 Å². The smallest absolute Gasteiger partial charge is 0.215 e. The highest BCUT2D eigenvalue weighted by Crippen LogP contribution is 2.33. The highest BCUT2D eigenvalue weighted by molar-refractivity contribution is 7.26. The lowest BCUT2D eigenvalue weighted by molar-refractivity contribution is 0.297. The summed E-state index contributed by atoms with van der Waals surface area (Å²) in [4.78, 5) is 0. The first-order valence-corrected chi connectivity index (χ1v) is 13.3. The van der Waals surface area contributed by atoms with E-state index >= 15 is 0 Å². The minimum Gasteiger partial charge on any atom is -0.450 e. The topological polar surface area (TPSA) is 36.9 Å². The van der Waals surface area contributed by atoms with E-state index in [0.29, 0.717) is 13.2 Å². The first-order valence-electron chi connectivity index (χ1n) is 11.7. The zero-order valence-electron chi connectivity index (χ0n) is 19.8. The van der Waals surface area contributed by atoms with Crippen molar-refractivity contribution in [2.45, 2.75) is 52.7 Å². The predicted octanol–water partition coefficient (Wildman–Crippen LogP) is 8.69. The minimum absolute atomic E-state index is 0.0334. The van der Waals surface area contributed by atoms with Gasteiger partial charge in [-0.15, -0.1) is 0 Å². The zero-order valence-corrected chi connectivity index (χ0v) is 21.8. The molecule has 0 aromatic heterocycles. The quantitative estimate of drug-likeness (QED) is 0.231. The molecule has 2 aromatic carbocycles. The summed E-state index contributed by atoms with van der Waals surface area (Å²) < 4.78 is 23.6. The van der Waals surface area contributed by atoms with Gasteiger partial charge in [0.15, 0.2) is 0 Å². The summed E-state index contributed by atoms with van der Waals surface area (Å²) in [6, 6.07) is 16.7. The monoisotopic (exact) mass is 494 g/mol. The third-order valence-electron chi connectivity index (χ3n) is 5.91. The fourth-order valence-corrected chi connectivity index (χ4v) is 5.17. The first-order chi connectivity index (χ1) is 16.7. The lowest BCUT2D eigenvalue weighted by atomic mass is 9.96. The van der Waals surface area contributed by atoms with E-state index in [1.54, 1.807) is 0 Å². The minimum atomic E-state index is -0.0334. The van der Waals surface area contributed by atoms with Crippen molar-refractivity contribution in [3.63, 3.8) is 0 Å². The number of hydrogen-bond donors (Lipinski definition) is 0. The predicted molar refractivity (Wildman–Crippen MR) is 142 cm³/mol. The van der Waals surface area contributed by atoms with Crippen molar-refractivity contribution < 1.29 is 18.1 Å². The van der Waals surface area contributed by atoms with E-state index in [2.05, 4.69) is 68.5 Å². The Morgan fingerprint density at radius 3 is 2.00 bits per heavy atom. The van der Waals surface area contributed by atoms with E-state index in [9.17, 15) is 0 Å². The van der Waals surface area contributed by atoms with E-state index in [-0.39, 0.29) is 18.1 Å². The highest BCUT2D eigenvalue weighted by Gasteiger charge is 2.11. The molecule has 0 N–H and O–H groups in total. The van der Waals surface area contributed by atoms with Crippen molar-refractivity contribution in [1.29, 1.82) is 0 Å². The second-order valence-electron chi connectivity index (χ2n) is 8.38. The molecular weight excluding hydrogens is 462 g/mol. The van der Waals surface area contributed by atoms with Crippen LogP contribution in [0.5, 0.6) is 0 Å². The molecule has 4 rings (SSSR count). The molecule has 0 amide bonds. The van der Waals surface area contributed by atoms with Crippen molar-refractivity contribution in [2.75, 3.05) is 0 Å². The van der Waals surface area contributed by atoms with Crippen LogP contribution in [-0.4, -0.2) is 0 Å². The Hall–Kier alpha value is -2.22. The molecule has 2 atom stereocenters. The van der Waals surface area contributed by atoms with Crippen molar-refractivity contribution in [3.8, 4) is 11.1 Å². The van der Waals surface area contributed by atoms with Crippen LogP contribution < -0.4 is 0 Å². The normalized spacial score (nSPS) is 16.4. The zero-order chi connectivity index (χ0) is 23.6. The Labute approximate surface area is 206 Å². The summed E-state index contributed by atoms with van der Waals surface area (Å²) in [5.41, 5.74) is 7.02. The Balaban J connectivity index is 1.35. The van der Waals surface area contributed by atoms with Gasteiger partial charge in [-0.2, -0.15) is 0 Å². The maximum atomic E-state index is 5.92. The SMILES string of the molecule is CC1=CCCC=C1OPOCc1ccccc1-c1ccccc1COPOC1=C(C)CCC=C1. The van der Waals surface area contributed by atoms with Crippen molar-refractivity contribution in [3.05, 3.63) is 107 Å². The van der Waals surface area contributed by atoms with Crippen LogP contribution in [0.25, 0.3) is 11.1 Å². The fraction of sp³-hybridized carbons (Fsp3) is 0.286. The molecule has 2 unspecified atom stereocenters. The maximum Gasteiger partial charge on any atom is 0.215 e. The molecule has 0 radical (unpaired) electrons. The lowest BCUT2D eigenvalue weighted by Crippen LogP contribution is -1.97. The van der Waals surface area contributed by atoms with Crippen molar-refractivity contribution >= 4 is 18.1 Å². The van der Waals surface area contributed by atoms with E-state index < -0.39 is 0 Å². The van der Waals surface area contributed by atoms with Gasteiger partial charge in [0.2, 0.25) is 18.1 Å². The molecule has 0 bridgehead atoms. The molecular formula is C28H32O4P2. The Kier molecular flexibility index (Phi) is 9.53. The van der Waals surface area contributed by atoms with Crippen LogP contribution in [0.4, 0.5) is 0 Å². The summed E-state index contributed by atoms with van der Waals surface area (Å²) in [6.07, 6.45) is 12.8. The van der Waals surface area contributed by atoms with Gasteiger partial charge in [-0.1, -0.05) is 60.7 Å². The van der Waals surface area contributed by atoms with Gasteiger partial charge in [0.1, 0.15) is 11.5 Å². The molecule has 34 heavy (non-hydrogen) atoms. The van der Waals surface area contributed by atoms with Gasteiger partial charge in [0.25, 0.3) is 0 Å². The summed E-state index contributed by atoms with van der Waals surface area (Å²) in [5.74, 6) is 1.89. The van der Waals surface area contributed by atoms with Gasteiger partial charge >= 0.3 is 0 Å². The molecule has 0 aliphatic heterocycles. The number of rotatable bonds is 11. The number of benzene rings is 2. The average Bonchev–Trinajstić information content (AvgIpc) is 2.87. The summed E-state index contributed by atoms with van der Waals surface area (Å²) in [5, 5.41) is 0. The molecule has 178 valence electrons. The van der Waals surface area contributed by atoms with Gasteiger partial charge < -0.3 is 18.1 Å². The van der Waals surface area contributed by atoms with Crippen LogP contribution in [-0.2, 0) is 31.3 Å². The van der Waals surface area contributed by atoms with Crippen LogP contribution in [0.1, 0.15) is 50.7 Å². The Morgan fingerprint density at radius 1 is 0.735 bits per heavy atom. The number of hydrogen-bond acceptors (Lipinski definition) is 4. The summed E-state index contributed by atoms with van der Waals surface area (Å²) in [6.45, 7) is 5.18. The second kappa shape index (κ2) is 13.0. The third kappa shape index (κ3) is 6.90. The standard InChI is InChI=1S/C28H32O4P2/c1-21-11-3-9-17-27(21)31-33-29-19-23-13-5-7-15-25(23)26-16-8-6-14-24(26)20-30-34-32-28-18-10-4-12-22(28)2/h5-9,12-18,33-34H,3-4,10-11,19-20H2,1-2H3. The average molecular weight is 495 g/mol. The van der Waals surface area contributed by atoms with Crippen LogP contribution in [0.15, 0.2) is 95.5 Å². The highest BCUT2D eigenvalue weighted by atomic mass is 31.1. The largest absolute Gasteiger partial charge is 0.450 e. The molecule has 2 aliphatic rings. The number of allylic oxidation sites excluding steroid dienone is 6. The molecule has 0 saturated carbocycles. The van der Waals surface area contributed by atoms with Crippen molar-refractivity contribution in [1.82, 2.24) is 0 Å². The molecule has 2 aromatic rings. The molecule has 4 nitrogen and oxygen atoms in total. The van der Waals surface area contributed by atoms with Crippen LogP contribution in [0.3, 0.4) is 0 Å². The molecule has 6 heteroatoms. The molecule has 0 heterocycles. The van der Waals surface area contributed by atoms with E-state index in [1.807, 2.05) is 18.2 Å². The van der Waals surface area contributed by atoms with Gasteiger partial charge in [-0.05, 0) is 85.1 Å². The van der Waals surface area contributed by atoms with E-state index in [0.717, 1.165) is 59.5 Å². The molecule has 0 spiro atoms. The summed E-state index contributed by atoms with van der Waals surface area (Å²) in [7, 11) is -0.0668. The second-order valence-corrected chi connectivity index (χ2v) is 9.70.